The molecular formula is C21H33N5O. The topological polar surface area (TPSA) is 53.0 Å². The van der Waals surface area contributed by atoms with Crippen molar-refractivity contribution in [3.05, 3.63) is 40.9 Å². The molecule has 148 valence electrons. The number of ether oxygens (including phenoxy) is 1. The number of nitrogens with one attached hydrogen (secondary N) is 1. The Morgan fingerprint density at radius 3 is 2.74 bits per heavy atom. The first-order valence-corrected chi connectivity index (χ1v) is 10.1. The first kappa shape index (κ1) is 20.0. The molecular weight excluding hydrogens is 338 g/mol. The Morgan fingerprint density at radius 2 is 2.07 bits per heavy atom. The lowest BCUT2D eigenvalue weighted by molar-refractivity contribution is 0.0681. The molecule has 3 heterocycles. The SMILES string of the molecule is C/C=C(/C)N=C(c1nc(CN2CC(NCC)C2)ccc1C)N1CCOCC1. The summed E-state index contributed by atoms with van der Waals surface area (Å²) in [7, 11) is 0. The Kier molecular flexibility index (Phi) is 6.99. The molecule has 2 aliphatic heterocycles. The molecule has 2 fully saturated rings. The van der Waals surface area contributed by atoms with Crippen LogP contribution in [-0.4, -0.2) is 72.6 Å². The van der Waals surface area contributed by atoms with Gasteiger partial charge in [-0.15, -0.1) is 0 Å². The summed E-state index contributed by atoms with van der Waals surface area (Å²) in [5, 5.41) is 3.50. The van der Waals surface area contributed by atoms with Gasteiger partial charge in [0, 0.05) is 44.5 Å². The van der Waals surface area contributed by atoms with Crippen LogP contribution in [0.15, 0.2) is 28.9 Å². The number of allylic oxidation sites excluding steroid dienone is 2. The van der Waals surface area contributed by atoms with Crippen LogP contribution in [0.1, 0.15) is 37.7 Å². The van der Waals surface area contributed by atoms with Gasteiger partial charge in [0.05, 0.1) is 18.9 Å². The molecule has 6 heteroatoms. The third-order valence-electron chi connectivity index (χ3n) is 5.21. The second-order valence-electron chi connectivity index (χ2n) is 7.38. The maximum Gasteiger partial charge on any atom is 0.155 e. The monoisotopic (exact) mass is 371 g/mol. The number of pyridine rings is 1. The molecule has 0 bridgehead atoms. The number of likely N-dealkylation sites (tertiary alicyclic amines) is 1. The zero-order valence-electron chi connectivity index (χ0n) is 17.2. The molecule has 0 amide bonds. The van der Waals surface area contributed by atoms with Gasteiger partial charge in [-0.3, -0.25) is 4.90 Å². The van der Waals surface area contributed by atoms with Crippen molar-refractivity contribution >= 4 is 5.84 Å². The van der Waals surface area contributed by atoms with E-state index in [1.54, 1.807) is 0 Å². The smallest absolute Gasteiger partial charge is 0.155 e. The molecule has 0 saturated carbocycles. The summed E-state index contributed by atoms with van der Waals surface area (Å²) in [6.07, 6.45) is 2.04. The largest absolute Gasteiger partial charge is 0.378 e. The van der Waals surface area contributed by atoms with Crippen molar-refractivity contribution in [2.24, 2.45) is 4.99 Å². The first-order chi connectivity index (χ1) is 13.1. The number of likely N-dealkylation sites (N-methyl/N-ethyl adjacent to an activating group) is 1. The molecule has 1 N–H and O–H groups in total. The van der Waals surface area contributed by atoms with Crippen LogP contribution >= 0.6 is 0 Å². The summed E-state index contributed by atoms with van der Waals surface area (Å²) < 4.78 is 5.53. The molecule has 0 aliphatic carbocycles. The zero-order chi connectivity index (χ0) is 19.2. The van der Waals surface area contributed by atoms with E-state index in [0.29, 0.717) is 6.04 Å². The summed E-state index contributed by atoms with van der Waals surface area (Å²) in [5.74, 6) is 0.974. The van der Waals surface area contributed by atoms with Gasteiger partial charge in [0.15, 0.2) is 5.84 Å². The van der Waals surface area contributed by atoms with Crippen LogP contribution in [-0.2, 0) is 11.3 Å². The van der Waals surface area contributed by atoms with E-state index in [-0.39, 0.29) is 0 Å². The molecule has 2 saturated heterocycles. The van der Waals surface area contributed by atoms with E-state index in [0.717, 1.165) is 75.4 Å². The van der Waals surface area contributed by atoms with Gasteiger partial charge in [0.2, 0.25) is 0 Å². The third-order valence-corrected chi connectivity index (χ3v) is 5.21. The maximum absolute atomic E-state index is 5.53. The van der Waals surface area contributed by atoms with Gasteiger partial charge < -0.3 is 15.0 Å². The van der Waals surface area contributed by atoms with Crippen molar-refractivity contribution in [1.29, 1.82) is 0 Å². The molecule has 0 radical (unpaired) electrons. The number of hydrogen-bond donors (Lipinski definition) is 1. The van der Waals surface area contributed by atoms with Crippen LogP contribution in [0.25, 0.3) is 0 Å². The fourth-order valence-corrected chi connectivity index (χ4v) is 3.51. The van der Waals surface area contributed by atoms with Crippen LogP contribution < -0.4 is 5.32 Å². The number of aromatic nitrogens is 1. The number of rotatable bonds is 6. The van der Waals surface area contributed by atoms with Crippen molar-refractivity contribution in [2.45, 2.75) is 40.3 Å². The van der Waals surface area contributed by atoms with Crippen molar-refractivity contribution in [1.82, 2.24) is 20.1 Å². The molecule has 27 heavy (non-hydrogen) atoms. The fraction of sp³-hybridized carbons (Fsp3) is 0.619. The minimum Gasteiger partial charge on any atom is -0.378 e. The van der Waals surface area contributed by atoms with Crippen LogP contribution in [0.2, 0.25) is 0 Å². The van der Waals surface area contributed by atoms with Gasteiger partial charge in [-0.2, -0.15) is 0 Å². The minimum absolute atomic E-state index is 0.628. The third kappa shape index (κ3) is 5.15. The van der Waals surface area contributed by atoms with Crippen molar-refractivity contribution in [2.75, 3.05) is 45.9 Å². The number of amidine groups is 1. The van der Waals surface area contributed by atoms with Gasteiger partial charge in [-0.05, 0) is 38.9 Å². The second-order valence-corrected chi connectivity index (χ2v) is 7.38. The number of hydrogen-bond acceptors (Lipinski definition) is 5. The van der Waals surface area contributed by atoms with Crippen LogP contribution in [0.5, 0.6) is 0 Å². The quantitative estimate of drug-likeness (QED) is 0.614. The number of morpholine rings is 1. The number of aliphatic imine (C=N–C) groups is 1. The molecule has 3 rings (SSSR count). The lowest BCUT2D eigenvalue weighted by atomic mass is 10.1. The van der Waals surface area contributed by atoms with Crippen molar-refractivity contribution in [3.8, 4) is 0 Å². The highest BCUT2D eigenvalue weighted by Crippen LogP contribution is 2.17. The van der Waals surface area contributed by atoms with Crippen LogP contribution in [0.3, 0.4) is 0 Å². The Bertz CT molecular complexity index is 688. The van der Waals surface area contributed by atoms with Gasteiger partial charge in [0.25, 0.3) is 0 Å². The lowest BCUT2D eigenvalue weighted by Gasteiger charge is -2.39. The lowest BCUT2D eigenvalue weighted by Crippen LogP contribution is -2.57. The zero-order valence-corrected chi connectivity index (χ0v) is 17.2. The fourth-order valence-electron chi connectivity index (χ4n) is 3.51. The standard InChI is InChI=1S/C21H33N5O/c1-5-17(4)23-21(26-9-11-27-12-10-26)20-16(3)7-8-18(24-20)13-25-14-19(15-25)22-6-2/h5,7-8,19,22H,6,9-15H2,1-4H3/b17-5-,23-21?. The molecule has 1 aromatic rings. The van der Waals surface area contributed by atoms with E-state index in [1.807, 2.05) is 19.9 Å². The molecule has 2 aliphatic rings. The Balaban J connectivity index is 1.80. The van der Waals surface area contributed by atoms with E-state index >= 15 is 0 Å². The molecule has 1 aromatic heterocycles. The highest BCUT2D eigenvalue weighted by molar-refractivity contribution is 5.99. The van der Waals surface area contributed by atoms with Crippen molar-refractivity contribution in [3.63, 3.8) is 0 Å². The summed E-state index contributed by atoms with van der Waals surface area (Å²) in [5.41, 5.74) is 4.30. The van der Waals surface area contributed by atoms with Gasteiger partial charge >= 0.3 is 0 Å². The minimum atomic E-state index is 0.628. The highest BCUT2D eigenvalue weighted by Gasteiger charge is 2.26. The first-order valence-electron chi connectivity index (χ1n) is 10.1. The van der Waals surface area contributed by atoms with Crippen LogP contribution in [0.4, 0.5) is 0 Å². The van der Waals surface area contributed by atoms with Crippen LogP contribution in [0, 0.1) is 6.92 Å². The maximum atomic E-state index is 5.53. The second kappa shape index (κ2) is 9.44. The summed E-state index contributed by atoms with van der Waals surface area (Å²) in [6.45, 7) is 15.7. The molecule has 0 unspecified atom stereocenters. The summed E-state index contributed by atoms with van der Waals surface area (Å²) >= 11 is 0. The van der Waals surface area contributed by atoms with Crippen molar-refractivity contribution < 1.29 is 4.74 Å². The predicted molar refractivity (Wildman–Crippen MR) is 110 cm³/mol. The molecule has 6 nitrogen and oxygen atoms in total. The van der Waals surface area contributed by atoms with E-state index in [1.165, 1.54) is 5.56 Å². The Morgan fingerprint density at radius 1 is 1.33 bits per heavy atom. The summed E-state index contributed by atoms with van der Waals surface area (Å²) in [6, 6.07) is 4.96. The molecule has 0 atom stereocenters. The average molecular weight is 372 g/mol. The molecule has 0 spiro atoms. The molecule has 0 aromatic carbocycles. The Hall–Kier alpha value is -1.76. The van der Waals surface area contributed by atoms with Gasteiger partial charge in [-0.1, -0.05) is 19.1 Å². The summed E-state index contributed by atoms with van der Waals surface area (Å²) in [4.78, 5) is 14.7. The predicted octanol–water partition coefficient (Wildman–Crippen LogP) is 2.19. The van der Waals surface area contributed by atoms with E-state index in [9.17, 15) is 0 Å². The normalized spacial score (nSPS) is 20.1. The number of nitrogens with zero attached hydrogens (tertiary/aromatic N) is 4. The van der Waals surface area contributed by atoms with E-state index < -0.39 is 0 Å². The highest BCUT2D eigenvalue weighted by atomic mass is 16.5. The van der Waals surface area contributed by atoms with Gasteiger partial charge in [-0.25, -0.2) is 9.98 Å². The van der Waals surface area contributed by atoms with E-state index in [2.05, 4.69) is 41.1 Å². The van der Waals surface area contributed by atoms with Gasteiger partial charge in [0.1, 0.15) is 5.69 Å². The number of aryl methyl sites for hydroxylation is 1. The Labute approximate surface area is 163 Å². The average Bonchev–Trinajstić information content (AvgIpc) is 2.66. The van der Waals surface area contributed by atoms with E-state index in [4.69, 9.17) is 14.7 Å².